The summed E-state index contributed by atoms with van der Waals surface area (Å²) in [6.45, 7) is 1.73. The molecule has 0 aliphatic rings. The Hall–Kier alpha value is 0.527. The van der Waals surface area contributed by atoms with Gasteiger partial charge < -0.3 is 4.80 Å². The van der Waals surface area contributed by atoms with Crippen LogP contribution in [0.1, 0.15) is 0 Å². The smallest absolute Gasteiger partial charge is 0.228 e. The Labute approximate surface area is 32.4 Å². The first-order chi connectivity index (χ1) is 1.73. The molecule has 0 radical (unpaired) electrons. The second-order valence-electron chi connectivity index (χ2n) is 0.632. The van der Waals surface area contributed by atoms with Crippen molar-refractivity contribution < 1.29 is 4.80 Å². The van der Waals surface area contributed by atoms with Gasteiger partial charge in [0.2, 0.25) is 8.19 Å². The highest BCUT2D eigenvalue weighted by Gasteiger charge is 1.76. The van der Waals surface area contributed by atoms with Gasteiger partial charge in [-0.2, -0.15) is 12.1 Å². The topological polar surface area (TPSA) is 20.2 Å². The van der Waals surface area contributed by atoms with E-state index in [1.165, 1.54) is 0 Å². The predicted molar refractivity (Wildman–Crippen MR) is 24.2 cm³/mol. The standard InChI is InChI=1S/CH6OSSi/c1-4(2)3/h2-4H,1H3. The van der Waals surface area contributed by atoms with E-state index in [2.05, 4.69) is 12.1 Å². The minimum Gasteiger partial charge on any atom is -0.426 e. The molecule has 26 valence electrons. The third kappa shape index (κ3) is 21.2. The summed E-state index contributed by atoms with van der Waals surface area (Å²) in [5.41, 5.74) is 0. The number of rotatable bonds is 0. The Morgan fingerprint density at radius 2 is 2.00 bits per heavy atom. The van der Waals surface area contributed by atoms with Crippen LogP contribution in [0, 0.1) is 0 Å². The van der Waals surface area contributed by atoms with Crippen LogP contribution in [-0.2, 0) is 0 Å². The summed E-state index contributed by atoms with van der Waals surface area (Å²) < 4.78 is 0. The van der Waals surface area contributed by atoms with E-state index in [4.69, 9.17) is 4.80 Å². The summed E-state index contributed by atoms with van der Waals surface area (Å²) in [6.07, 6.45) is 0. The fourth-order valence-corrected chi connectivity index (χ4v) is 0. The van der Waals surface area contributed by atoms with E-state index in [-0.39, 0.29) is 0 Å². The molecule has 1 N–H and O–H groups in total. The van der Waals surface area contributed by atoms with Crippen molar-refractivity contribution in [2.75, 3.05) is 0 Å². The van der Waals surface area contributed by atoms with Gasteiger partial charge in [0.05, 0.1) is 0 Å². The molecule has 0 amide bonds. The van der Waals surface area contributed by atoms with Gasteiger partial charge in [-0.3, -0.25) is 0 Å². The number of thiol groups is 1. The van der Waals surface area contributed by atoms with Crippen molar-refractivity contribution in [1.82, 2.24) is 0 Å². The van der Waals surface area contributed by atoms with Crippen molar-refractivity contribution in [1.29, 1.82) is 0 Å². The molecule has 0 aliphatic carbocycles. The first-order valence-electron chi connectivity index (χ1n) is 1.09. The van der Waals surface area contributed by atoms with E-state index in [9.17, 15) is 0 Å². The molecule has 0 saturated heterocycles. The van der Waals surface area contributed by atoms with Crippen LogP contribution in [0.4, 0.5) is 0 Å². The number of hydrogen-bond donors (Lipinski definition) is 2. The minimum absolute atomic E-state index is 1.44. The van der Waals surface area contributed by atoms with E-state index < -0.39 is 8.19 Å². The average Bonchev–Trinajstić information content (AvgIpc) is 0.811. The lowest BCUT2D eigenvalue weighted by molar-refractivity contribution is 0.603. The Morgan fingerprint density at radius 3 is 2.00 bits per heavy atom. The van der Waals surface area contributed by atoms with Crippen molar-refractivity contribution in [3.8, 4) is 0 Å². The monoisotopic (exact) mass is 94.0 g/mol. The summed E-state index contributed by atoms with van der Waals surface area (Å²) in [5.74, 6) is 0. The lowest BCUT2D eigenvalue weighted by Crippen LogP contribution is -1.88. The molecule has 0 spiro atoms. The molecular formula is CH6OSSi. The van der Waals surface area contributed by atoms with Crippen LogP contribution in [0.15, 0.2) is 0 Å². The van der Waals surface area contributed by atoms with E-state index in [1.807, 2.05) is 0 Å². The third-order valence-corrected chi connectivity index (χ3v) is 0. The molecule has 1 nitrogen and oxygen atoms in total. The molecule has 0 heterocycles. The van der Waals surface area contributed by atoms with Crippen LogP contribution in [0.3, 0.4) is 0 Å². The first kappa shape index (κ1) is 4.53. The second-order valence-corrected chi connectivity index (χ2v) is 4.14. The SMILES string of the molecule is C[SiH](O)S. The largest absolute Gasteiger partial charge is 0.426 e. The lowest BCUT2D eigenvalue weighted by atomic mass is 11.9. The Bertz CT molecular complexity index is 12.8. The molecule has 4 heavy (non-hydrogen) atoms. The Kier molecular flexibility index (Phi) is 2.05. The molecule has 0 aliphatic heterocycles. The van der Waals surface area contributed by atoms with Gasteiger partial charge in [-0.25, -0.2) is 0 Å². The summed E-state index contributed by atoms with van der Waals surface area (Å²) in [4.78, 5) is 8.06. The molecule has 0 bridgehead atoms. The van der Waals surface area contributed by atoms with Crippen molar-refractivity contribution in [3.05, 3.63) is 0 Å². The van der Waals surface area contributed by atoms with Gasteiger partial charge in [0, 0.05) is 0 Å². The summed E-state index contributed by atoms with van der Waals surface area (Å²) in [5, 5.41) is 0. The van der Waals surface area contributed by atoms with E-state index >= 15 is 0 Å². The molecule has 0 fully saturated rings. The van der Waals surface area contributed by atoms with E-state index in [0.717, 1.165) is 0 Å². The van der Waals surface area contributed by atoms with Crippen LogP contribution in [-0.4, -0.2) is 13.0 Å². The minimum atomic E-state index is -1.44. The zero-order valence-corrected chi connectivity index (χ0v) is 4.52. The van der Waals surface area contributed by atoms with E-state index in [1.54, 1.807) is 6.55 Å². The fraction of sp³-hybridized carbons (Fsp3) is 1.00. The van der Waals surface area contributed by atoms with Crippen LogP contribution in [0.25, 0.3) is 0 Å². The molecule has 1 unspecified atom stereocenters. The predicted octanol–water partition coefficient (Wildman–Crippen LogP) is -0.241. The fourth-order valence-electron chi connectivity index (χ4n) is 0. The maximum atomic E-state index is 8.06. The van der Waals surface area contributed by atoms with Gasteiger partial charge in [-0.05, 0) is 6.55 Å². The summed E-state index contributed by atoms with van der Waals surface area (Å²) in [6, 6.07) is 0. The molecule has 0 aromatic heterocycles. The molecule has 0 saturated carbocycles. The van der Waals surface area contributed by atoms with Gasteiger partial charge >= 0.3 is 0 Å². The van der Waals surface area contributed by atoms with Crippen molar-refractivity contribution in [3.63, 3.8) is 0 Å². The van der Waals surface area contributed by atoms with Crippen molar-refractivity contribution in [2.45, 2.75) is 6.55 Å². The summed E-state index contributed by atoms with van der Waals surface area (Å²) >= 11 is 3.66. The highest BCUT2D eigenvalue weighted by atomic mass is 32.3. The van der Waals surface area contributed by atoms with Crippen molar-refractivity contribution in [2.24, 2.45) is 0 Å². The van der Waals surface area contributed by atoms with Crippen LogP contribution < -0.4 is 0 Å². The molecule has 0 aromatic rings. The maximum Gasteiger partial charge on any atom is 0.228 e. The maximum absolute atomic E-state index is 8.06. The van der Waals surface area contributed by atoms with Crippen LogP contribution in [0.2, 0.25) is 6.55 Å². The average molecular weight is 94.2 g/mol. The van der Waals surface area contributed by atoms with Gasteiger partial charge in [-0.15, -0.1) is 0 Å². The third-order valence-electron chi connectivity index (χ3n) is 0. The highest BCUT2D eigenvalue weighted by molar-refractivity contribution is 8.09. The summed E-state index contributed by atoms with van der Waals surface area (Å²) in [7, 11) is -1.44. The Morgan fingerprint density at radius 1 is 2.00 bits per heavy atom. The second kappa shape index (κ2) is 1.81. The zero-order valence-electron chi connectivity index (χ0n) is 2.47. The Balaban J connectivity index is 2.32. The quantitative estimate of drug-likeness (QED) is 0.313. The number of hydrogen-bond acceptors (Lipinski definition) is 2. The molecular weight excluding hydrogens is 88.2 g/mol. The molecule has 1 atom stereocenters. The van der Waals surface area contributed by atoms with Gasteiger partial charge in [0.1, 0.15) is 0 Å². The van der Waals surface area contributed by atoms with Gasteiger partial charge in [0.15, 0.2) is 0 Å². The molecule has 3 heteroatoms. The van der Waals surface area contributed by atoms with Gasteiger partial charge in [-0.1, -0.05) is 0 Å². The van der Waals surface area contributed by atoms with Crippen LogP contribution >= 0.6 is 12.1 Å². The lowest BCUT2D eigenvalue weighted by Gasteiger charge is -1.75. The van der Waals surface area contributed by atoms with Crippen LogP contribution in [0.5, 0.6) is 0 Å². The van der Waals surface area contributed by atoms with E-state index in [0.29, 0.717) is 0 Å². The molecule has 0 aromatic carbocycles. The van der Waals surface area contributed by atoms with Gasteiger partial charge in [0.25, 0.3) is 0 Å². The normalized spacial score (nSPS) is 15.8. The zero-order chi connectivity index (χ0) is 3.58. The molecule has 0 rings (SSSR count). The highest BCUT2D eigenvalue weighted by Crippen LogP contribution is 1.72. The van der Waals surface area contributed by atoms with Crippen molar-refractivity contribution >= 4 is 20.3 Å². The first-order valence-corrected chi connectivity index (χ1v) is 4.83.